The van der Waals surface area contributed by atoms with Gasteiger partial charge in [-0.3, -0.25) is 4.79 Å². The fraction of sp³-hybridized carbons (Fsp3) is 0.857. The molecule has 0 heterocycles. The third-order valence-corrected chi connectivity index (χ3v) is 2.11. The van der Waals surface area contributed by atoms with Gasteiger partial charge in [-0.05, 0) is 0 Å². The minimum atomic E-state index is -2.46. The second kappa shape index (κ2) is 3.51. The summed E-state index contributed by atoms with van der Waals surface area (Å²) in [5.41, 5.74) is 0. The topological polar surface area (TPSA) is 37.3 Å². The van der Waals surface area contributed by atoms with Gasteiger partial charge in [-0.15, -0.1) is 0 Å². The van der Waals surface area contributed by atoms with Crippen LogP contribution in [0.25, 0.3) is 0 Å². The highest BCUT2D eigenvalue weighted by molar-refractivity contribution is 5.72. The average Bonchev–Trinajstić information content (AvgIpc) is 2.01. The van der Waals surface area contributed by atoms with Crippen molar-refractivity contribution < 1.29 is 27.5 Å². The lowest BCUT2D eigenvalue weighted by molar-refractivity contribution is -0.154. The second-order valence-electron chi connectivity index (χ2n) is 3.02. The maximum atomic E-state index is 12.8. The number of hydrogen-bond acceptors (Lipinski definition) is 1. The van der Waals surface area contributed by atoms with Gasteiger partial charge in [0, 0.05) is 6.42 Å². The highest BCUT2D eigenvalue weighted by Gasteiger charge is 2.50. The molecule has 4 atom stereocenters. The van der Waals surface area contributed by atoms with E-state index in [9.17, 15) is 22.4 Å². The molecule has 0 aliphatic heterocycles. The Morgan fingerprint density at radius 1 is 1.08 bits per heavy atom. The van der Waals surface area contributed by atoms with Crippen LogP contribution >= 0.6 is 0 Å². The van der Waals surface area contributed by atoms with Gasteiger partial charge in [0.25, 0.3) is 0 Å². The number of rotatable bonds is 1. The summed E-state index contributed by atoms with van der Waals surface area (Å²) in [5.74, 6) is -4.07. The van der Waals surface area contributed by atoms with E-state index in [0.29, 0.717) is 0 Å². The zero-order chi connectivity index (χ0) is 10.2. The first kappa shape index (κ1) is 10.3. The molecule has 1 rings (SSSR count). The van der Waals surface area contributed by atoms with Crippen LogP contribution in [0.5, 0.6) is 0 Å². The molecular weight excluding hydrogens is 192 g/mol. The van der Waals surface area contributed by atoms with Gasteiger partial charge in [-0.25, -0.2) is 17.6 Å². The van der Waals surface area contributed by atoms with Gasteiger partial charge in [0.05, 0.1) is 0 Å². The molecule has 0 saturated heterocycles. The summed E-state index contributed by atoms with van der Waals surface area (Å²) < 4.78 is 50.6. The van der Waals surface area contributed by atoms with Crippen molar-refractivity contribution in [3.05, 3.63) is 0 Å². The smallest absolute Gasteiger partial charge is 0.312 e. The first-order chi connectivity index (χ1) is 5.95. The number of carboxylic acid groups (broad SMARTS) is 1. The molecule has 1 N–H and O–H groups in total. The lowest BCUT2D eigenvalue weighted by atomic mass is 9.83. The van der Waals surface area contributed by atoms with Crippen molar-refractivity contribution in [2.75, 3.05) is 0 Å². The van der Waals surface area contributed by atoms with Crippen molar-refractivity contribution in [2.45, 2.75) is 31.1 Å². The Morgan fingerprint density at radius 3 is 1.77 bits per heavy atom. The van der Waals surface area contributed by atoms with Crippen molar-refractivity contribution in [3.63, 3.8) is 0 Å². The fourth-order valence-electron chi connectivity index (χ4n) is 1.37. The highest BCUT2D eigenvalue weighted by atomic mass is 19.2. The highest BCUT2D eigenvalue weighted by Crippen LogP contribution is 2.33. The van der Waals surface area contributed by atoms with Crippen molar-refractivity contribution in [3.8, 4) is 0 Å². The van der Waals surface area contributed by atoms with Crippen molar-refractivity contribution in [1.29, 1.82) is 0 Å². The summed E-state index contributed by atoms with van der Waals surface area (Å²) in [6.07, 6.45) is -10.3. The van der Waals surface area contributed by atoms with Crippen LogP contribution in [0, 0.1) is 5.92 Å². The van der Waals surface area contributed by atoms with Crippen LogP contribution in [0.2, 0.25) is 0 Å². The van der Waals surface area contributed by atoms with Crippen LogP contribution in [-0.2, 0) is 4.79 Å². The molecule has 13 heavy (non-hydrogen) atoms. The van der Waals surface area contributed by atoms with Gasteiger partial charge >= 0.3 is 5.97 Å². The summed E-state index contributed by atoms with van der Waals surface area (Å²) in [5, 5.41) is 8.30. The summed E-state index contributed by atoms with van der Waals surface area (Å²) in [6.45, 7) is 0. The van der Waals surface area contributed by atoms with E-state index < -0.39 is 43.0 Å². The Labute approximate surface area is 71.5 Å². The second-order valence-corrected chi connectivity index (χ2v) is 3.02. The zero-order valence-corrected chi connectivity index (χ0v) is 6.46. The molecular formula is C7H8F4O2. The third-order valence-electron chi connectivity index (χ3n) is 2.11. The van der Waals surface area contributed by atoms with Crippen LogP contribution in [0.3, 0.4) is 0 Å². The molecule has 0 aromatic carbocycles. The predicted octanol–water partition coefficient (Wildman–Crippen LogP) is 1.44. The Hall–Kier alpha value is -0.810. The molecule has 2 nitrogen and oxygen atoms in total. The summed E-state index contributed by atoms with van der Waals surface area (Å²) in [6, 6.07) is 0. The van der Waals surface area contributed by atoms with E-state index >= 15 is 0 Å². The van der Waals surface area contributed by atoms with E-state index in [4.69, 9.17) is 5.11 Å². The van der Waals surface area contributed by atoms with E-state index in [1.54, 1.807) is 0 Å². The summed E-state index contributed by atoms with van der Waals surface area (Å²) >= 11 is 0. The Morgan fingerprint density at radius 2 is 1.46 bits per heavy atom. The molecule has 0 aromatic rings. The molecule has 76 valence electrons. The minimum Gasteiger partial charge on any atom is -0.481 e. The van der Waals surface area contributed by atoms with E-state index in [1.165, 1.54) is 0 Å². The van der Waals surface area contributed by atoms with E-state index in [2.05, 4.69) is 0 Å². The normalized spacial score (nSPS) is 46.0. The van der Waals surface area contributed by atoms with Gasteiger partial charge in [0.1, 0.15) is 30.6 Å². The molecule has 1 aliphatic rings. The molecule has 0 radical (unpaired) electrons. The fourth-order valence-corrected chi connectivity index (χ4v) is 1.37. The lowest BCUT2D eigenvalue weighted by Crippen LogP contribution is -2.49. The van der Waals surface area contributed by atoms with E-state index in [0.717, 1.165) is 0 Å². The maximum Gasteiger partial charge on any atom is 0.312 e. The molecule has 1 aliphatic carbocycles. The van der Waals surface area contributed by atoms with Crippen LogP contribution in [-0.4, -0.2) is 35.8 Å². The first-order valence-electron chi connectivity index (χ1n) is 3.74. The maximum absolute atomic E-state index is 12.8. The van der Waals surface area contributed by atoms with Gasteiger partial charge in [0.2, 0.25) is 0 Å². The van der Waals surface area contributed by atoms with Gasteiger partial charge in [-0.2, -0.15) is 0 Å². The summed E-state index contributed by atoms with van der Waals surface area (Å²) in [7, 11) is 0. The lowest BCUT2D eigenvalue weighted by Gasteiger charge is -2.31. The molecule has 0 spiro atoms. The van der Waals surface area contributed by atoms with Crippen molar-refractivity contribution in [2.24, 2.45) is 5.92 Å². The Kier molecular flexibility index (Phi) is 2.77. The number of carbonyl (C=O) groups is 1. The zero-order valence-electron chi connectivity index (χ0n) is 6.46. The molecule has 0 bridgehead atoms. The number of halogens is 4. The molecule has 1 saturated carbocycles. The molecule has 6 heteroatoms. The quantitative estimate of drug-likeness (QED) is 0.650. The van der Waals surface area contributed by atoms with E-state index in [-0.39, 0.29) is 0 Å². The first-order valence-corrected chi connectivity index (χ1v) is 3.74. The third kappa shape index (κ3) is 1.76. The van der Waals surface area contributed by atoms with Crippen molar-refractivity contribution >= 4 is 5.97 Å². The van der Waals surface area contributed by atoms with Crippen LogP contribution in [0.1, 0.15) is 6.42 Å². The molecule has 1 fully saturated rings. The summed E-state index contributed by atoms with van der Waals surface area (Å²) in [4.78, 5) is 10.3. The molecule has 0 aromatic heterocycles. The van der Waals surface area contributed by atoms with Crippen molar-refractivity contribution in [1.82, 2.24) is 0 Å². The largest absolute Gasteiger partial charge is 0.481 e. The monoisotopic (exact) mass is 200 g/mol. The van der Waals surface area contributed by atoms with Crippen LogP contribution in [0.15, 0.2) is 0 Å². The minimum absolute atomic E-state index is 0.911. The predicted molar refractivity (Wildman–Crippen MR) is 35.3 cm³/mol. The standard InChI is InChI=1S/C7H8F4O2/c8-2-1-3(9)6(11)4(5(2)10)7(12)13/h2-6H,1H2,(H,12,13). The molecule has 4 unspecified atom stereocenters. The van der Waals surface area contributed by atoms with Gasteiger partial charge < -0.3 is 5.11 Å². The number of aliphatic carboxylic acids is 1. The van der Waals surface area contributed by atoms with Gasteiger partial charge in [0.15, 0.2) is 0 Å². The Balaban J connectivity index is 2.82. The average molecular weight is 200 g/mol. The SMILES string of the molecule is O=C(O)C1C(F)C(F)CC(F)C1F. The van der Waals surface area contributed by atoms with E-state index in [1.807, 2.05) is 0 Å². The van der Waals surface area contributed by atoms with Crippen LogP contribution in [0.4, 0.5) is 17.6 Å². The number of hydrogen-bond donors (Lipinski definition) is 1. The Bertz CT molecular complexity index is 197. The van der Waals surface area contributed by atoms with Gasteiger partial charge in [-0.1, -0.05) is 0 Å². The molecule has 0 amide bonds. The van der Waals surface area contributed by atoms with Crippen LogP contribution < -0.4 is 0 Å². The number of alkyl halides is 4. The number of carboxylic acids is 1.